The molecule has 0 amide bonds. The summed E-state index contributed by atoms with van der Waals surface area (Å²) in [5.74, 6) is 0. The summed E-state index contributed by atoms with van der Waals surface area (Å²) in [7, 11) is -1.38. The highest BCUT2D eigenvalue weighted by Gasteiger charge is 2.10. The molecule has 1 aromatic carbocycles. The summed E-state index contributed by atoms with van der Waals surface area (Å²) in [5, 5.41) is 17.6. The minimum absolute atomic E-state index is 0. The van der Waals surface area contributed by atoms with Gasteiger partial charge in [0, 0.05) is 7.33 Å². The largest absolute Gasteiger partial charge is 0.488 e. The van der Waals surface area contributed by atoms with Crippen molar-refractivity contribution < 1.29 is 12.9 Å². The fourth-order valence-corrected chi connectivity index (χ4v) is 1.54. The van der Waals surface area contributed by atoms with Crippen LogP contribution >= 0.6 is 15.9 Å². The second kappa shape index (κ2) is 3.39. The highest BCUT2D eigenvalue weighted by Crippen LogP contribution is 2.09. The molecule has 2 nitrogen and oxygen atoms in total. The van der Waals surface area contributed by atoms with Crippen LogP contribution in [0.1, 0.15) is 8.42 Å². The SMILES string of the molecule is Cc1cc(Br)cc(B(O)O)c1.[HH].[HH]. The lowest BCUT2D eigenvalue weighted by molar-refractivity contribution is 0.425. The molecule has 2 N–H and O–H groups in total. The molecule has 0 unspecified atom stereocenters. The summed E-state index contributed by atoms with van der Waals surface area (Å²) in [5.41, 5.74) is 1.51. The van der Waals surface area contributed by atoms with Crippen molar-refractivity contribution in [2.24, 2.45) is 0 Å². The summed E-state index contributed by atoms with van der Waals surface area (Å²) < 4.78 is 0.862. The van der Waals surface area contributed by atoms with Gasteiger partial charge in [-0.05, 0) is 24.5 Å². The van der Waals surface area contributed by atoms with Crippen molar-refractivity contribution in [1.82, 2.24) is 0 Å². The van der Waals surface area contributed by atoms with Gasteiger partial charge >= 0.3 is 7.12 Å². The zero-order valence-electron chi connectivity index (χ0n) is 6.08. The molecule has 0 radical (unpaired) electrons. The first-order chi connectivity index (χ1) is 5.09. The summed E-state index contributed by atoms with van der Waals surface area (Å²) in [6.07, 6.45) is 0. The van der Waals surface area contributed by atoms with Gasteiger partial charge < -0.3 is 10.0 Å². The number of halogens is 1. The molecule has 0 aliphatic carbocycles. The van der Waals surface area contributed by atoms with Crippen molar-refractivity contribution in [3.8, 4) is 0 Å². The van der Waals surface area contributed by atoms with Crippen LogP contribution in [0.4, 0.5) is 0 Å². The predicted octanol–water partition coefficient (Wildman–Crippen LogP) is 0.929. The van der Waals surface area contributed by atoms with Gasteiger partial charge in [-0.25, -0.2) is 0 Å². The topological polar surface area (TPSA) is 40.5 Å². The highest BCUT2D eigenvalue weighted by molar-refractivity contribution is 9.10. The Morgan fingerprint density at radius 1 is 1.36 bits per heavy atom. The maximum atomic E-state index is 8.81. The van der Waals surface area contributed by atoms with E-state index in [-0.39, 0.29) is 2.85 Å². The van der Waals surface area contributed by atoms with E-state index in [1.807, 2.05) is 13.0 Å². The second-order valence-electron chi connectivity index (χ2n) is 2.44. The van der Waals surface area contributed by atoms with Gasteiger partial charge in [0.2, 0.25) is 0 Å². The van der Waals surface area contributed by atoms with Gasteiger partial charge in [0.1, 0.15) is 0 Å². The monoisotopic (exact) mass is 218 g/mol. The first-order valence-corrected chi connectivity index (χ1v) is 4.02. The first kappa shape index (κ1) is 8.78. The predicted molar refractivity (Wildman–Crippen MR) is 52.9 cm³/mol. The molecule has 0 saturated carbocycles. The molecule has 0 aliphatic heterocycles. The molecule has 62 valence electrons. The van der Waals surface area contributed by atoms with Crippen LogP contribution in [0.5, 0.6) is 0 Å². The lowest BCUT2D eigenvalue weighted by Gasteiger charge is -2.01. The Morgan fingerprint density at radius 2 is 2.00 bits per heavy atom. The van der Waals surface area contributed by atoms with E-state index < -0.39 is 7.12 Å². The Bertz CT molecular complexity index is 250. The normalized spacial score (nSPS) is 9.82. The fraction of sp³-hybridized carbons (Fsp3) is 0.143. The minimum Gasteiger partial charge on any atom is -0.423 e. The third kappa shape index (κ3) is 2.32. The average Bonchev–Trinajstić information content (AvgIpc) is 1.85. The third-order valence-corrected chi connectivity index (χ3v) is 1.82. The van der Waals surface area contributed by atoms with Crippen LogP contribution in [0.25, 0.3) is 0 Å². The van der Waals surface area contributed by atoms with E-state index in [1.54, 1.807) is 12.1 Å². The fourth-order valence-electron chi connectivity index (χ4n) is 0.914. The van der Waals surface area contributed by atoms with Crippen molar-refractivity contribution in [2.75, 3.05) is 0 Å². The van der Waals surface area contributed by atoms with E-state index in [1.165, 1.54) is 0 Å². The van der Waals surface area contributed by atoms with Gasteiger partial charge in [-0.1, -0.05) is 27.6 Å². The molecular formula is C7H12BBrO2. The van der Waals surface area contributed by atoms with Gasteiger partial charge in [0.05, 0.1) is 0 Å². The first-order valence-electron chi connectivity index (χ1n) is 3.23. The van der Waals surface area contributed by atoms with Crippen LogP contribution in [-0.4, -0.2) is 17.2 Å². The van der Waals surface area contributed by atoms with E-state index in [2.05, 4.69) is 15.9 Å². The van der Waals surface area contributed by atoms with E-state index in [4.69, 9.17) is 10.0 Å². The van der Waals surface area contributed by atoms with Gasteiger partial charge in [0.25, 0.3) is 0 Å². The van der Waals surface area contributed by atoms with Crippen molar-refractivity contribution in [3.05, 3.63) is 28.2 Å². The molecule has 0 bridgehead atoms. The zero-order valence-corrected chi connectivity index (χ0v) is 7.67. The molecule has 0 fully saturated rings. The standard InChI is InChI=1S/C7H8BBrO2.2H2/c1-5-2-6(8(10)11)4-7(9)3-5;;/h2-4,10-11H,1H3;2*1H. The number of aryl methyl sites for hydroxylation is 1. The van der Waals surface area contributed by atoms with Crippen LogP contribution in [0, 0.1) is 6.92 Å². The molecule has 0 atom stereocenters. The summed E-state index contributed by atoms with van der Waals surface area (Å²) in [6.45, 7) is 1.90. The molecule has 4 heteroatoms. The van der Waals surface area contributed by atoms with Crippen molar-refractivity contribution in [2.45, 2.75) is 6.92 Å². The molecule has 1 aromatic rings. The Labute approximate surface area is 77.1 Å². The van der Waals surface area contributed by atoms with Gasteiger partial charge in [-0.15, -0.1) is 0 Å². The molecule has 0 heterocycles. The Balaban J connectivity index is 0. The zero-order chi connectivity index (χ0) is 8.43. The van der Waals surface area contributed by atoms with Crippen LogP contribution in [0.15, 0.2) is 22.7 Å². The Kier molecular flexibility index (Phi) is 2.70. The van der Waals surface area contributed by atoms with E-state index in [0.29, 0.717) is 5.46 Å². The average molecular weight is 219 g/mol. The maximum absolute atomic E-state index is 8.81. The lowest BCUT2D eigenvalue weighted by Crippen LogP contribution is -2.29. The van der Waals surface area contributed by atoms with Crippen molar-refractivity contribution in [1.29, 1.82) is 0 Å². The smallest absolute Gasteiger partial charge is 0.423 e. The number of benzene rings is 1. The van der Waals surface area contributed by atoms with Crippen LogP contribution in [-0.2, 0) is 0 Å². The lowest BCUT2D eigenvalue weighted by atomic mass is 9.80. The molecule has 1 rings (SSSR count). The summed E-state index contributed by atoms with van der Waals surface area (Å²) >= 11 is 3.26. The van der Waals surface area contributed by atoms with Gasteiger partial charge in [-0.2, -0.15) is 0 Å². The second-order valence-corrected chi connectivity index (χ2v) is 3.35. The van der Waals surface area contributed by atoms with Crippen molar-refractivity contribution >= 4 is 28.5 Å². The maximum Gasteiger partial charge on any atom is 0.488 e. The van der Waals surface area contributed by atoms with Crippen LogP contribution in [0.3, 0.4) is 0 Å². The molecule has 0 aliphatic rings. The van der Waals surface area contributed by atoms with Crippen LogP contribution in [0.2, 0.25) is 0 Å². The molecule has 0 spiro atoms. The van der Waals surface area contributed by atoms with Gasteiger partial charge in [0.15, 0.2) is 0 Å². The molecule has 11 heavy (non-hydrogen) atoms. The quantitative estimate of drug-likeness (QED) is 0.689. The molecule has 0 saturated heterocycles. The minimum atomic E-state index is -1.38. The highest BCUT2D eigenvalue weighted by atomic mass is 79.9. The third-order valence-electron chi connectivity index (χ3n) is 1.36. The van der Waals surface area contributed by atoms with Gasteiger partial charge in [-0.3, -0.25) is 0 Å². The molecular weight excluding hydrogens is 207 g/mol. The van der Waals surface area contributed by atoms with Crippen LogP contribution < -0.4 is 5.46 Å². The van der Waals surface area contributed by atoms with E-state index >= 15 is 0 Å². The Hall–Kier alpha value is -0.315. The number of rotatable bonds is 1. The van der Waals surface area contributed by atoms with E-state index in [9.17, 15) is 0 Å². The van der Waals surface area contributed by atoms with E-state index in [0.717, 1.165) is 10.0 Å². The van der Waals surface area contributed by atoms with Crippen molar-refractivity contribution in [3.63, 3.8) is 0 Å². The molecule has 0 aromatic heterocycles. The Morgan fingerprint density at radius 3 is 2.45 bits per heavy atom. The number of hydrogen-bond acceptors (Lipinski definition) is 2. The summed E-state index contributed by atoms with van der Waals surface area (Å²) in [6, 6.07) is 5.32. The number of hydrogen-bond donors (Lipinski definition) is 2. The summed E-state index contributed by atoms with van der Waals surface area (Å²) in [4.78, 5) is 0.